The summed E-state index contributed by atoms with van der Waals surface area (Å²) in [6, 6.07) is 9.33. The van der Waals surface area contributed by atoms with Crippen molar-refractivity contribution in [3.05, 3.63) is 30.3 Å². The first kappa shape index (κ1) is 20.9. The predicted octanol–water partition coefficient (Wildman–Crippen LogP) is 2.77. The van der Waals surface area contributed by atoms with Gasteiger partial charge in [-0.15, -0.1) is 0 Å². The van der Waals surface area contributed by atoms with E-state index in [1.165, 1.54) is 18.2 Å². The molecule has 0 radical (unpaired) electrons. The highest BCUT2D eigenvalue weighted by atomic mass is 16.2. The van der Waals surface area contributed by atoms with Crippen LogP contribution in [0.3, 0.4) is 0 Å². The Morgan fingerprint density at radius 3 is 2.30 bits per heavy atom. The van der Waals surface area contributed by atoms with Crippen LogP contribution in [-0.4, -0.2) is 35.8 Å². The molecule has 1 aromatic carbocycles. The third-order valence-electron chi connectivity index (χ3n) is 5.36. The van der Waals surface area contributed by atoms with Crippen molar-refractivity contribution in [1.82, 2.24) is 10.6 Å². The van der Waals surface area contributed by atoms with Crippen molar-refractivity contribution in [2.75, 3.05) is 11.4 Å². The summed E-state index contributed by atoms with van der Waals surface area (Å²) in [6.45, 7) is 4.93. The molecule has 0 spiro atoms. The Balaban J connectivity index is 2.29. The molecule has 0 aliphatic heterocycles. The van der Waals surface area contributed by atoms with E-state index in [0.717, 1.165) is 25.7 Å². The van der Waals surface area contributed by atoms with Gasteiger partial charge in [-0.05, 0) is 38.3 Å². The van der Waals surface area contributed by atoms with Crippen molar-refractivity contribution in [3.8, 4) is 0 Å². The molecular formula is C21H31N3O3. The van der Waals surface area contributed by atoms with Crippen LogP contribution in [0.1, 0.15) is 59.3 Å². The molecule has 1 aromatic rings. The molecule has 1 aliphatic rings. The Labute approximate surface area is 161 Å². The normalized spacial score (nSPS) is 16.9. The second kappa shape index (κ2) is 9.53. The minimum absolute atomic E-state index is 0.142. The first-order valence-corrected chi connectivity index (χ1v) is 9.82. The van der Waals surface area contributed by atoms with Crippen LogP contribution in [0, 0.1) is 0 Å². The third kappa shape index (κ3) is 5.31. The first-order chi connectivity index (χ1) is 12.9. The van der Waals surface area contributed by atoms with Gasteiger partial charge in [-0.1, -0.05) is 44.4 Å². The van der Waals surface area contributed by atoms with Crippen LogP contribution in [0.5, 0.6) is 0 Å². The molecule has 2 N–H and O–H groups in total. The van der Waals surface area contributed by atoms with Crippen LogP contribution >= 0.6 is 0 Å². The van der Waals surface area contributed by atoms with Gasteiger partial charge in [-0.3, -0.25) is 19.3 Å². The van der Waals surface area contributed by atoms with Crippen LogP contribution < -0.4 is 15.5 Å². The van der Waals surface area contributed by atoms with Crippen LogP contribution in [0.2, 0.25) is 0 Å². The summed E-state index contributed by atoms with van der Waals surface area (Å²) in [4.78, 5) is 39.0. The fourth-order valence-corrected chi connectivity index (χ4v) is 3.57. The molecule has 0 heterocycles. The largest absolute Gasteiger partial charge is 0.351 e. The number of para-hydroxylation sites is 1. The molecule has 6 nitrogen and oxygen atoms in total. The molecule has 1 aliphatic carbocycles. The summed E-state index contributed by atoms with van der Waals surface area (Å²) in [5.74, 6) is -0.724. The zero-order valence-electron chi connectivity index (χ0n) is 16.6. The van der Waals surface area contributed by atoms with Crippen molar-refractivity contribution in [1.29, 1.82) is 0 Å². The molecule has 3 amide bonds. The van der Waals surface area contributed by atoms with E-state index in [-0.39, 0.29) is 30.3 Å². The lowest BCUT2D eigenvalue weighted by atomic mass is 9.90. The molecule has 0 aromatic heterocycles. The molecule has 1 unspecified atom stereocenters. The van der Waals surface area contributed by atoms with Crippen LogP contribution in [0.4, 0.5) is 5.69 Å². The number of rotatable bonds is 7. The summed E-state index contributed by atoms with van der Waals surface area (Å²) >= 11 is 0. The Bertz CT molecular complexity index is 656. The Kier molecular flexibility index (Phi) is 7.39. The molecule has 2 rings (SSSR count). The van der Waals surface area contributed by atoms with Crippen molar-refractivity contribution in [3.63, 3.8) is 0 Å². The van der Waals surface area contributed by atoms with E-state index in [9.17, 15) is 14.4 Å². The number of carbonyl (C=O) groups excluding carboxylic acids is 3. The number of hydrogen-bond acceptors (Lipinski definition) is 3. The van der Waals surface area contributed by atoms with Crippen LogP contribution in [0.15, 0.2) is 30.3 Å². The van der Waals surface area contributed by atoms with Crippen molar-refractivity contribution in [2.45, 2.75) is 70.9 Å². The summed E-state index contributed by atoms with van der Waals surface area (Å²) in [6.07, 6.45) is 5.89. The van der Waals surface area contributed by atoms with E-state index < -0.39 is 5.54 Å². The maximum Gasteiger partial charge on any atom is 0.247 e. The predicted molar refractivity (Wildman–Crippen MR) is 106 cm³/mol. The quantitative estimate of drug-likeness (QED) is 0.771. The second-order valence-corrected chi connectivity index (χ2v) is 7.41. The average Bonchev–Trinajstić information content (AvgIpc) is 2.68. The van der Waals surface area contributed by atoms with E-state index in [1.807, 2.05) is 37.3 Å². The Hall–Kier alpha value is -2.37. The van der Waals surface area contributed by atoms with E-state index in [2.05, 4.69) is 10.6 Å². The number of benzene rings is 1. The van der Waals surface area contributed by atoms with E-state index in [1.54, 1.807) is 6.92 Å². The molecule has 0 bridgehead atoms. The molecular weight excluding hydrogens is 342 g/mol. The number of amides is 3. The van der Waals surface area contributed by atoms with Crippen molar-refractivity contribution >= 4 is 23.4 Å². The molecule has 1 fully saturated rings. The van der Waals surface area contributed by atoms with Crippen molar-refractivity contribution < 1.29 is 14.4 Å². The standard InChI is InChI=1S/C21H31N3O3/c1-4-21(3,20(27)23-17-11-7-5-8-12-17)24(18-13-9-6-10-14-18)19(26)15-22-16(2)25/h6,9-10,13-14,17H,4-5,7-8,11-12,15H2,1-3H3,(H,22,25)(H,23,27). The van der Waals surface area contributed by atoms with Gasteiger partial charge in [0.05, 0.1) is 6.54 Å². The van der Waals surface area contributed by atoms with Gasteiger partial charge in [-0.2, -0.15) is 0 Å². The molecule has 1 saturated carbocycles. The highest BCUT2D eigenvalue weighted by Gasteiger charge is 2.42. The molecule has 6 heteroatoms. The van der Waals surface area contributed by atoms with E-state index in [0.29, 0.717) is 12.1 Å². The smallest absolute Gasteiger partial charge is 0.247 e. The minimum atomic E-state index is -1.03. The fourth-order valence-electron chi connectivity index (χ4n) is 3.57. The topological polar surface area (TPSA) is 78.5 Å². The maximum absolute atomic E-state index is 13.2. The lowest BCUT2D eigenvalue weighted by molar-refractivity contribution is -0.131. The number of nitrogens with zero attached hydrogens (tertiary/aromatic N) is 1. The molecule has 1 atom stereocenters. The zero-order chi connectivity index (χ0) is 19.9. The SMILES string of the molecule is CCC(C)(C(=O)NC1CCCCC1)N(C(=O)CNC(C)=O)c1ccccc1. The summed E-state index contributed by atoms with van der Waals surface area (Å²) in [5, 5.41) is 5.71. The van der Waals surface area contributed by atoms with Crippen LogP contribution in [0.25, 0.3) is 0 Å². The van der Waals surface area contributed by atoms with Gasteiger partial charge in [-0.25, -0.2) is 0 Å². The van der Waals surface area contributed by atoms with Gasteiger partial charge in [0.15, 0.2) is 0 Å². The zero-order valence-corrected chi connectivity index (χ0v) is 16.6. The average molecular weight is 373 g/mol. The number of hydrogen-bond donors (Lipinski definition) is 2. The second-order valence-electron chi connectivity index (χ2n) is 7.41. The lowest BCUT2D eigenvalue weighted by Crippen LogP contribution is -2.62. The van der Waals surface area contributed by atoms with E-state index >= 15 is 0 Å². The molecule has 27 heavy (non-hydrogen) atoms. The van der Waals surface area contributed by atoms with Gasteiger partial charge in [0, 0.05) is 18.7 Å². The number of carbonyl (C=O) groups is 3. The maximum atomic E-state index is 13.2. The van der Waals surface area contributed by atoms with Gasteiger partial charge < -0.3 is 10.6 Å². The van der Waals surface area contributed by atoms with E-state index in [4.69, 9.17) is 0 Å². The summed E-state index contributed by atoms with van der Waals surface area (Å²) < 4.78 is 0. The minimum Gasteiger partial charge on any atom is -0.351 e. The van der Waals surface area contributed by atoms with Gasteiger partial charge in [0.1, 0.15) is 5.54 Å². The molecule has 0 saturated heterocycles. The number of anilines is 1. The Morgan fingerprint density at radius 1 is 1.11 bits per heavy atom. The summed E-state index contributed by atoms with van der Waals surface area (Å²) in [7, 11) is 0. The molecule has 148 valence electrons. The van der Waals surface area contributed by atoms with Crippen LogP contribution in [-0.2, 0) is 14.4 Å². The number of nitrogens with one attached hydrogen (secondary N) is 2. The fraction of sp³-hybridized carbons (Fsp3) is 0.571. The summed E-state index contributed by atoms with van der Waals surface area (Å²) in [5.41, 5.74) is -0.384. The van der Waals surface area contributed by atoms with Gasteiger partial charge in [0.2, 0.25) is 17.7 Å². The van der Waals surface area contributed by atoms with Crippen molar-refractivity contribution in [2.24, 2.45) is 0 Å². The lowest BCUT2D eigenvalue weighted by Gasteiger charge is -2.40. The highest BCUT2D eigenvalue weighted by molar-refractivity contribution is 6.04. The third-order valence-corrected chi connectivity index (χ3v) is 5.36. The Morgan fingerprint density at radius 2 is 1.74 bits per heavy atom. The van der Waals surface area contributed by atoms with Gasteiger partial charge >= 0.3 is 0 Å². The first-order valence-electron chi connectivity index (χ1n) is 9.82. The van der Waals surface area contributed by atoms with Gasteiger partial charge in [0.25, 0.3) is 0 Å². The monoisotopic (exact) mass is 373 g/mol. The highest BCUT2D eigenvalue weighted by Crippen LogP contribution is 2.28.